The van der Waals surface area contributed by atoms with Crippen LogP contribution in [0.15, 0.2) is 35.2 Å². The summed E-state index contributed by atoms with van der Waals surface area (Å²) in [5.74, 6) is 2.17. The normalized spacial score (nSPS) is 15.9. The molecular formula is C19H16N2O3S. The fourth-order valence-electron chi connectivity index (χ4n) is 2.80. The fraction of sp³-hybridized carbons (Fsp3) is 0.158. The molecule has 1 aliphatic heterocycles. The third-order valence-electron chi connectivity index (χ3n) is 3.99. The Kier molecular flexibility index (Phi) is 4.43. The average molecular weight is 352 g/mol. The molecule has 0 unspecified atom stereocenters. The number of phenols is 1. The van der Waals surface area contributed by atoms with E-state index in [9.17, 15) is 14.7 Å². The zero-order chi connectivity index (χ0) is 18.1. The molecule has 1 aromatic carbocycles. The van der Waals surface area contributed by atoms with Crippen molar-refractivity contribution >= 4 is 29.0 Å². The van der Waals surface area contributed by atoms with Crippen molar-refractivity contribution in [3.05, 3.63) is 52.2 Å². The SMILES string of the molecule is C#CCN1C(=O)S/C(=C/c2cc(C)n(-c3ccc(O)cc3)c2C)C1=O. The molecule has 1 saturated heterocycles. The van der Waals surface area contributed by atoms with Gasteiger partial charge >= 0.3 is 0 Å². The molecule has 2 heterocycles. The molecule has 2 aromatic rings. The first-order chi connectivity index (χ1) is 11.9. The Morgan fingerprint density at radius 3 is 2.56 bits per heavy atom. The number of aromatic hydroxyl groups is 1. The van der Waals surface area contributed by atoms with Crippen molar-refractivity contribution in [3.8, 4) is 23.8 Å². The third-order valence-corrected chi connectivity index (χ3v) is 4.90. The number of rotatable bonds is 3. The van der Waals surface area contributed by atoms with Crippen LogP contribution in [0.1, 0.15) is 17.0 Å². The van der Waals surface area contributed by atoms with Gasteiger partial charge in [-0.15, -0.1) is 6.42 Å². The van der Waals surface area contributed by atoms with Crippen LogP contribution < -0.4 is 0 Å². The predicted octanol–water partition coefficient (Wildman–Crippen LogP) is 3.47. The van der Waals surface area contributed by atoms with E-state index in [0.717, 1.165) is 39.3 Å². The standard InChI is InChI=1S/C19H16N2O3S/c1-4-9-20-18(23)17(25-19(20)24)11-14-10-12(2)21(13(14)3)15-5-7-16(22)8-6-15/h1,5-8,10-11,22H,9H2,2-3H3/b17-11+. The van der Waals surface area contributed by atoms with Crippen molar-refractivity contribution in [1.82, 2.24) is 9.47 Å². The summed E-state index contributed by atoms with van der Waals surface area (Å²) >= 11 is 0.899. The Hall–Kier alpha value is -2.91. The summed E-state index contributed by atoms with van der Waals surface area (Å²) in [5, 5.41) is 9.10. The summed E-state index contributed by atoms with van der Waals surface area (Å²) in [6, 6.07) is 8.84. The van der Waals surface area contributed by atoms with Gasteiger partial charge in [0, 0.05) is 17.1 Å². The number of carbonyl (C=O) groups excluding carboxylic acids is 2. The zero-order valence-electron chi connectivity index (χ0n) is 13.8. The second kappa shape index (κ2) is 6.54. The van der Waals surface area contributed by atoms with Crippen LogP contribution in [0.25, 0.3) is 11.8 Å². The predicted molar refractivity (Wildman–Crippen MR) is 98.4 cm³/mol. The summed E-state index contributed by atoms with van der Waals surface area (Å²) in [5.41, 5.74) is 3.69. The molecule has 1 aliphatic rings. The molecule has 25 heavy (non-hydrogen) atoms. The number of aryl methyl sites for hydroxylation is 1. The van der Waals surface area contributed by atoms with Gasteiger partial charge in [-0.1, -0.05) is 5.92 Å². The summed E-state index contributed by atoms with van der Waals surface area (Å²) in [4.78, 5) is 25.6. The first-order valence-electron chi connectivity index (χ1n) is 7.59. The number of hydrogen-bond acceptors (Lipinski definition) is 4. The highest BCUT2D eigenvalue weighted by Gasteiger charge is 2.34. The van der Waals surface area contributed by atoms with Gasteiger partial charge in [-0.2, -0.15) is 0 Å². The molecule has 5 nitrogen and oxygen atoms in total. The molecule has 6 heteroatoms. The van der Waals surface area contributed by atoms with Gasteiger partial charge in [-0.05, 0) is 67.6 Å². The molecule has 1 aromatic heterocycles. The van der Waals surface area contributed by atoms with Gasteiger partial charge < -0.3 is 9.67 Å². The third kappa shape index (κ3) is 3.06. The number of terminal acetylenes is 1. The summed E-state index contributed by atoms with van der Waals surface area (Å²) in [6.07, 6.45) is 6.93. The Morgan fingerprint density at radius 1 is 1.24 bits per heavy atom. The fourth-order valence-corrected chi connectivity index (χ4v) is 3.63. The number of carbonyl (C=O) groups is 2. The van der Waals surface area contributed by atoms with Crippen LogP contribution >= 0.6 is 11.8 Å². The number of aromatic nitrogens is 1. The highest BCUT2D eigenvalue weighted by Crippen LogP contribution is 2.33. The van der Waals surface area contributed by atoms with Crippen molar-refractivity contribution in [3.63, 3.8) is 0 Å². The highest BCUT2D eigenvalue weighted by atomic mass is 32.2. The van der Waals surface area contributed by atoms with Gasteiger partial charge in [0.25, 0.3) is 11.1 Å². The molecule has 3 rings (SSSR count). The van der Waals surface area contributed by atoms with Crippen molar-refractivity contribution in [1.29, 1.82) is 0 Å². The summed E-state index contributed by atoms with van der Waals surface area (Å²) in [6.45, 7) is 3.88. The Balaban J connectivity index is 1.99. The summed E-state index contributed by atoms with van der Waals surface area (Å²) < 4.78 is 2.02. The number of imide groups is 1. The number of thioether (sulfide) groups is 1. The molecule has 1 fully saturated rings. The minimum atomic E-state index is -0.359. The van der Waals surface area contributed by atoms with E-state index in [1.165, 1.54) is 0 Å². The topological polar surface area (TPSA) is 62.5 Å². The van der Waals surface area contributed by atoms with E-state index in [1.807, 2.05) is 36.6 Å². The molecule has 2 amide bonds. The Morgan fingerprint density at radius 2 is 1.92 bits per heavy atom. The maximum atomic E-state index is 12.3. The van der Waals surface area contributed by atoms with Gasteiger partial charge in [0.05, 0.1) is 11.4 Å². The van der Waals surface area contributed by atoms with E-state index in [-0.39, 0.29) is 23.4 Å². The van der Waals surface area contributed by atoms with Crippen molar-refractivity contribution < 1.29 is 14.7 Å². The van der Waals surface area contributed by atoms with Gasteiger partial charge in [-0.25, -0.2) is 0 Å². The second-order valence-electron chi connectivity index (χ2n) is 5.65. The van der Waals surface area contributed by atoms with Crippen LogP contribution in [0.3, 0.4) is 0 Å². The van der Waals surface area contributed by atoms with Crippen LogP contribution in [0.2, 0.25) is 0 Å². The van der Waals surface area contributed by atoms with Crippen molar-refractivity contribution in [2.75, 3.05) is 6.54 Å². The van der Waals surface area contributed by atoms with Gasteiger partial charge in [0.2, 0.25) is 0 Å². The number of phenolic OH excluding ortho intramolecular Hbond substituents is 1. The van der Waals surface area contributed by atoms with Crippen molar-refractivity contribution in [2.45, 2.75) is 13.8 Å². The van der Waals surface area contributed by atoms with E-state index in [4.69, 9.17) is 6.42 Å². The minimum absolute atomic E-state index is 0.0193. The monoisotopic (exact) mass is 352 g/mol. The molecule has 0 spiro atoms. The Labute approximate surface area is 149 Å². The lowest BCUT2D eigenvalue weighted by Crippen LogP contribution is -2.28. The smallest absolute Gasteiger partial charge is 0.294 e. The highest BCUT2D eigenvalue weighted by molar-refractivity contribution is 8.18. The number of benzene rings is 1. The number of hydrogen-bond donors (Lipinski definition) is 1. The zero-order valence-corrected chi connectivity index (χ0v) is 14.6. The van der Waals surface area contributed by atoms with Gasteiger partial charge in [-0.3, -0.25) is 14.5 Å². The maximum Gasteiger partial charge on any atom is 0.294 e. The van der Waals surface area contributed by atoms with Crippen LogP contribution in [0.4, 0.5) is 4.79 Å². The number of nitrogens with zero attached hydrogens (tertiary/aromatic N) is 2. The van der Waals surface area contributed by atoms with E-state index in [2.05, 4.69) is 5.92 Å². The molecule has 126 valence electrons. The largest absolute Gasteiger partial charge is 0.508 e. The first kappa shape index (κ1) is 16.9. The van der Waals surface area contributed by atoms with Crippen LogP contribution in [-0.4, -0.2) is 32.3 Å². The van der Waals surface area contributed by atoms with Gasteiger partial charge in [0.15, 0.2) is 0 Å². The van der Waals surface area contributed by atoms with E-state index >= 15 is 0 Å². The lowest BCUT2D eigenvalue weighted by Gasteiger charge is -2.09. The van der Waals surface area contributed by atoms with Crippen molar-refractivity contribution in [2.24, 2.45) is 0 Å². The van der Waals surface area contributed by atoms with Crippen LogP contribution in [-0.2, 0) is 4.79 Å². The molecule has 0 saturated carbocycles. The lowest BCUT2D eigenvalue weighted by atomic mass is 10.2. The van der Waals surface area contributed by atoms with E-state index in [1.54, 1.807) is 18.2 Å². The average Bonchev–Trinajstić information content (AvgIpc) is 3.00. The molecular weight excluding hydrogens is 336 g/mol. The second-order valence-corrected chi connectivity index (χ2v) is 6.64. The number of amides is 2. The molecule has 0 radical (unpaired) electrons. The molecule has 0 atom stereocenters. The molecule has 0 aliphatic carbocycles. The Bertz CT molecular complexity index is 933. The minimum Gasteiger partial charge on any atom is -0.508 e. The van der Waals surface area contributed by atoms with Gasteiger partial charge in [0.1, 0.15) is 5.75 Å². The lowest BCUT2D eigenvalue weighted by molar-refractivity contribution is -0.122. The van der Waals surface area contributed by atoms with E-state index < -0.39 is 0 Å². The molecule has 1 N–H and O–H groups in total. The maximum absolute atomic E-state index is 12.3. The quantitative estimate of drug-likeness (QED) is 0.679. The summed E-state index contributed by atoms with van der Waals surface area (Å²) in [7, 11) is 0. The van der Waals surface area contributed by atoms with E-state index in [0.29, 0.717) is 4.91 Å². The van der Waals surface area contributed by atoms with Crippen LogP contribution in [0, 0.1) is 26.2 Å². The first-order valence-corrected chi connectivity index (χ1v) is 8.41. The molecule has 0 bridgehead atoms. The van der Waals surface area contributed by atoms with Crippen LogP contribution in [0.5, 0.6) is 5.75 Å².